The van der Waals surface area contributed by atoms with Crippen LogP contribution in [0, 0.1) is 5.92 Å². The summed E-state index contributed by atoms with van der Waals surface area (Å²) in [6, 6.07) is 9.95. The number of rotatable bonds is 8. The summed E-state index contributed by atoms with van der Waals surface area (Å²) in [6.45, 7) is 6.87. The topological polar surface area (TPSA) is 38.3 Å². The molecule has 0 aliphatic carbocycles. The van der Waals surface area contributed by atoms with Gasteiger partial charge in [0.2, 0.25) is 5.91 Å². The molecule has 1 aromatic rings. The van der Waals surface area contributed by atoms with E-state index in [-0.39, 0.29) is 11.9 Å². The fraction of sp³-hybridized carbons (Fsp3) is 0.533. The number of carbonyl (C=O) groups excluding carboxylic acids is 1. The fourth-order valence-corrected chi connectivity index (χ4v) is 1.98. The molecule has 4 heteroatoms. The Bertz CT molecular complexity index is 368. The van der Waals surface area contributed by atoms with E-state index in [1.54, 1.807) is 11.8 Å². The Labute approximate surface area is 120 Å². The number of carbonyl (C=O) groups is 1. The molecule has 0 spiro atoms. The standard InChI is InChI=1S/C15H23NO2S/c1-12(2)13(3)16-15(17)11-19-10-9-18-14-7-5-4-6-8-14/h4-8,12-13H,9-11H2,1-3H3,(H,16,17). The molecule has 3 nitrogen and oxygen atoms in total. The zero-order valence-electron chi connectivity index (χ0n) is 11.9. The molecule has 0 heterocycles. The second kappa shape index (κ2) is 8.86. The van der Waals surface area contributed by atoms with Crippen molar-refractivity contribution >= 4 is 17.7 Å². The van der Waals surface area contributed by atoms with Crippen molar-refractivity contribution in [2.24, 2.45) is 5.92 Å². The summed E-state index contributed by atoms with van der Waals surface area (Å²) in [7, 11) is 0. The van der Waals surface area contributed by atoms with Gasteiger partial charge in [0.05, 0.1) is 12.4 Å². The predicted molar refractivity (Wildman–Crippen MR) is 81.7 cm³/mol. The van der Waals surface area contributed by atoms with E-state index in [0.29, 0.717) is 18.3 Å². The van der Waals surface area contributed by atoms with Gasteiger partial charge in [-0.1, -0.05) is 32.0 Å². The van der Waals surface area contributed by atoms with Crippen LogP contribution in [0.1, 0.15) is 20.8 Å². The minimum atomic E-state index is 0.103. The summed E-state index contributed by atoms with van der Waals surface area (Å²) in [5, 5.41) is 2.99. The van der Waals surface area contributed by atoms with Crippen LogP contribution in [0.15, 0.2) is 30.3 Å². The van der Waals surface area contributed by atoms with E-state index in [1.807, 2.05) is 37.3 Å². The van der Waals surface area contributed by atoms with Gasteiger partial charge in [-0.05, 0) is 25.0 Å². The highest BCUT2D eigenvalue weighted by atomic mass is 32.2. The molecular formula is C15H23NO2S. The lowest BCUT2D eigenvalue weighted by Crippen LogP contribution is -2.37. The van der Waals surface area contributed by atoms with E-state index >= 15 is 0 Å². The number of hydrogen-bond acceptors (Lipinski definition) is 3. The quantitative estimate of drug-likeness (QED) is 0.745. The Morgan fingerprint density at radius 2 is 1.95 bits per heavy atom. The molecule has 0 fully saturated rings. The summed E-state index contributed by atoms with van der Waals surface area (Å²) >= 11 is 1.60. The van der Waals surface area contributed by atoms with E-state index < -0.39 is 0 Å². The molecule has 0 aliphatic rings. The van der Waals surface area contributed by atoms with Gasteiger partial charge >= 0.3 is 0 Å². The average Bonchev–Trinajstić information content (AvgIpc) is 2.39. The van der Waals surface area contributed by atoms with E-state index in [2.05, 4.69) is 19.2 Å². The number of ether oxygens (including phenoxy) is 1. The zero-order valence-corrected chi connectivity index (χ0v) is 12.7. The molecule has 106 valence electrons. The van der Waals surface area contributed by atoms with Crippen molar-refractivity contribution < 1.29 is 9.53 Å². The third-order valence-corrected chi connectivity index (χ3v) is 3.78. The van der Waals surface area contributed by atoms with Gasteiger partial charge in [0, 0.05) is 11.8 Å². The van der Waals surface area contributed by atoms with E-state index in [4.69, 9.17) is 4.74 Å². The molecule has 1 N–H and O–H groups in total. The molecule has 19 heavy (non-hydrogen) atoms. The first-order chi connectivity index (χ1) is 9.09. The molecule has 1 unspecified atom stereocenters. The lowest BCUT2D eigenvalue weighted by Gasteiger charge is -2.17. The van der Waals surface area contributed by atoms with Crippen LogP contribution in [0.2, 0.25) is 0 Å². The maximum Gasteiger partial charge on any atom is 0.230 e. The van der Waals surface area contributed by atoms with Crippen molar-refractivity contribution in [3.8, 4) is 5.75 Å². The molecule has 0 aliphatic heterocycles. The molecule has 1 rings (SSSR count). The van der Waals surface area contributed by atoms with Gasteiger partial charge in [0.25, 0.3) is 0 Å². The molecule has 0 saturated heterocycles. The molecule has 0 radical (unpaired) electrons. The SMILES string of the molecule is CC(C)C(C)NC(=O)CSCCOc1ccccc1. The third-order valence-electron chi connectivity index (χ3n) is 2.86. The molecule has 1 atom stereocenters. The first kappa shape index (κ1) is 15.9. The summed E-state index contributed by atoms with van der Waals surface area (Å²) in [5.41, 5.74) is 0. The van der Waals surface area contributed by atoms with Crippen LogP contribution in [0.5, 0.6) is 5.75 Å². The summed E-state index contributed by atoms with van der Waals surface area (Å²) in [5.74, 6) is 2.76. The van der Waals surface area contributed by atoms with Crippen molar-refractivity contribution in [1.82, 2.24) is 5.32 Å². The Hall–Kier alpha value is -1.16. The summed E-state index contributed by atoms with van der Waals surface area (Å²) in [4.78, 5) is 11.6. The van der Waals surface area contributed by atoms with Gasteiger partial charge in [-0.2, -0.15) is 0 Å². The summed E-state index contributed by atoms with van der Waals surface area (Å²) in [6.07, 6.45) is 0. The Morgan fingerprint density at radius 1 is 1.26 bits per heavy atom. The van der Waals surface area contributed by atoms with Crippen LogP contribution in [0.4, 0.5) is 0 Å². The molecular weight excluding hydrogens is 258 g/mol. The lowest BCUT2D eigenvalue weighted by atomic mass is 10.1. The number of para-hydroxylation sites is 1. The van der Waals surface area contributed by atoms with E-state index in [1.165, 1.54) is 0 Å². The van der Waals surface area contributed by atoms with Gasteiger partial charge in [-0.25, -0.2) is 0 Å². The van der Waals surface area contributed by atoms with Crippen LogP contribution in [-0.4, -0.2) is 30.1 Å². The van der Waals surface area contributed by atoms with Crippen LogP contribution in [0.25, 0.3) is 0 Å². The maximum absolute atomic E-state index is 11.6. The van der Waals surface area contributed by atoms with Gasteiger partial charge in [-0.15, -0.1) is 11.8 Å². The van der Waals surface area contributed by atoms with Crippen molar-refractivity contribution in [3.05, 3.63) is 30.3 Å². The third kappa shape index (κ3) is 7.11. The molecule has 1 aromatic carbocycles. The first-order valence-corrected chi connectivity index (χ1v) is 7.80. The molecule has 0 bridgehead atoms. The van der Waals surface area contributed by atoms with Crippen LogP contribution in [0.3, 0.4) is 0 Å². The van der Waals surface area contributed by atoms with E-state index in [0.717, 1.165) is 11.5 Å². The highest BCUT2D eigenvalue weighted by Gasteiger charge is 2.10. The lowest BCUT2D eigenvalue weighted by molar-refractivity contribution is -0.119. The number of nitrogens with one attached hydrogen (secondary N) is 1. The number of benzene rings is 1. The van der Waals surface area contributed by atoms with Gasteiger partial charge in [0.15, 0.2) is 0 Å². The monoisotopic (exact) mass is 281 g/mol. The van der Waals surface area contributed by atoms with Crippen molar-refractivity contribution in [2.45, 2.75) is 26.8 Å². The van der Waals surface area contributed by atoms with Gasteiger partial charge in [-0.3, -0.25) is 4.79 Å². The van der Waals surface area contributed by atoms with Crippen LogP contribution >= 0.6 is 11.8 Å². The number of thioether (sulfide) groups is 1. The van der Waals surface area contributed by atoms with Crippen LogP contribution < -0.4 is 10.1 Å². The second-order valence-electron chi connectivity index (χ2n) is 4.81. The van der Waals surface area contributed by atoms with Crippen molar-refractivity contribution in [1.29, 1.82) is 0 Å². The van der Waals surface area contributed by atoms with Crippen molar-refractivity contribution in [2.75, 3.05) is 18.1 Å². The second-order valence-corrected chi connectivity index (χ2v) is 5.92. The highest BCUT2D eigenvalue weighted by molar-refractivity contribution is 7.99. The fourth-order valence-electron chi connectivity index (χ4n) is 1.36. The molecule has 1 amide bonds. The Morgan fingerprint density at radius 3 is 2.58 bits per heavy atom. The number of hydrogen-bond donors (Lipinski definition) is 1. The van der Waals surface area contributed by atoms with Crippen molar-refractivity contribution in [3.63, 3.8) is 0 Å². The maximum atomic E-state index is 11.6. The number of amides is 1. The Balaban J connectivity index is 2.06. The molecule has 0 saturated carbocycles. The first-order valence-electron chi connectivity index (χ1n) is 6.64. The minimum absolute atomic E-state index is 0.103. The molecule has 0 aromatic heterocycles. The van der Waals surface area contributed by atoms with Gasteiger partial charge in [0.1, 0.15) is 5.75 Å². The van der Waals surface area contributed by atoms with E-state index in [9.17, 15) is 4.79 Å². The smallest absolute Gasteiger partial charge is 0.230 e. The highest BCUT2D eigenvalue weighted by Crippen LogP contribution is 2.09. The zero-order chi connectivity index (χ0) is 14.1. The largest absolute Gasteiger partial charge is 0.493 e. The average molecular weight is 281 g/mol. The Kier molecular flexibility index (Phi) is 7.41. The summed E-state index contributed by atoms with van der Waals surface area (Å²) < 4.78 is 5.55. The van der Waals surface area contributed by atoms with Crippen LogP contribution in [-0.2, 0) is 4.79 Å². The van der Waals surface area contributed by atoms with Gasteiger partial charge < -0.3 is 10.1 Å². The normalized spacial score (nSPS) is 12.2. The predicted octanol–water partition coefficient (Wildman–Crippen LogP) is 2.96. The minimum Gasteiger partial charge on any atom is -0.493 e.